The maximum atomic E-state index is 12.9. The van der Waals surface area contributed by atoms with Gasteiger partial charge in [-0.05, 0) is 50.7 Å². The molecule has 0 heterocycles. The maximum Gasteiger partial charge on any atom is 0.260 e. The topological polar surface area (TPSA) is 88.6 Å². The highest BCUT2D eigenvalue weighted by Crippen LogP contribution is 2.37. The van der Waals surface area contributed by atoms with Crippen LogP contribution in [-0.4, -0.2) is 91.5 Å². The zero-order chi connectivity index (χ0) is 29.0. The van der Waals surface area contributed by atoms with Crippen LogP contribution in [0.1, 0.15) is 80.1 Å². The second-order valence-corrected chi connectivity index (χ2v) is 9.59. The van der Waals surface area contributed by atoms with Gasteiger partial charge in [-0.1, -0.05) is 47.6 Å². The number of carbonyl (C=O) groups is 3. The largest absolute Gasteiger partial charge is 0.480 e. The minimum atomic E-state index is -0.200. The fourth-order valence-electron chi connectivity index (χ4n) is 4.26. The highest BCUT2D eigenvalue weighted by atomic mass is 16.5. The summed E-state index contributed by atoms with van der Waals surface area (Å²) in [4.78, 5) is 43.9. The summed E-state index contributed by atoms with van der Waals surface area (Å²) in [5.41, 5.74) is 0. The van der Waals surface area contributed by atoms with Gasteiger partial charge in [-0.2, -0.15) is 0 Å². The van der Waals surface area contributed by atoms with Crippen LogP contribution in [0.15, 0.2) is 18.2 Å². The molecule has 0 unspecified atom stereocenters. The normalized spacial score (nSPS) is 10.6. The van der Waals surface area contributed by atoms with Crippen LogP contribution in [0.25, 0.3) is 0 Å². The molecule has 0 radical (unpaired) electrons. The smallest absolute Gasteiger partial charge is 0.260 e. The molecule has 1 aromatic carbocycles. The lowest BCUT2D eigenvalue weighted by atomic mass is 10.3. The molecule has 0 saturated carbocycles. The van der Waals surface area contributed by atoms with Crippen molar-refractivity contribution < 1.29 is 28.6 Å². The van der Waals surface area contributed by atoms with Gasteiger partial charge >= 0.3 is 0 Å². The number of amides is 3. The Morgan fingerprint density at radius 1 is 0.513 bits per heavy atom. The molecule has 0 bridgehead atoms. The Morgan fingerprint density at radius 2 is 0.795 bits per heavy atom. The van der Waals surface area contributed by atoms with E-state index in [0.29, 0.717) is 50.8 Å². The van der Waals surface area contributed by atoms with Crippen molar-refractivity contribution in [3.8, 4) is 17.2 Å². The van der Waals surface area contributed by atoms with Crippen LogP contribution in [0.5, 0.6) is 17.2 Å². The van der Waals surface area contributed by atoms with Crippen molar-refractivity contribution in [2.45, 2.75) is 80.1 Å². The monoisotopic (exact) mass is 549 g/mol. The summed E-state index contributed by atoms with van der Waals surface area (Å²) in [6.45, 7) is 15.6. The molecule has 0 aliphatic rings. The molecule has 0 atom stereocenters. The quantitative estimate of drug-likeness (QED) is 0.220. The summed E-state index contributed by atoms with van der Waals surface area (Å²) in [5, 5.41) is 0. The molecule has 1 rings (SSSR count). The first kappa shape index (κ1) is 34.1. The first-order valence-corrected chi connectivity index (χ1v) is 14.7. The van der Waals surface area contributed by atoms with Crippen LogP contribution in [0, 0.1) is 0 Å². The number of ether oxygens (including phenoxy) is 3. The van der Waals surface area contributed by atoms with Crippen molar-refractivity contribution in [2.75, 3.05) is 59.1 Å². The summed E-state index contributed by atoms with van der Waals surface area (Å²) < 4.78 is 17.8. The SMILES string of the molecule is CCCN(CCC)C(=O)COc1cccc(OCC(=O)N(CCC)CCC)c1OCC(=O)N(CCC)CCC. The van der Waals surface area contributed by atoms with Crippen molar-refractivity contribution >= 4 is 17.7 Å². The summed E-state index contributed by atoms with van der Waals surface area (Å²) in [7, 11) is 0. The number of rotatable bonds is 21. The molecule has 39 heavy (non-hydrogen) atoms. The van der Waals surface area contributed by atoms with E-state index in [4.69, 9.17) is 14.2 Å². The number of benzene rings is 1. The molecule has 9 nitrogen and oxygen atoms in total. The lowest BCUT2D eigenvalue weighted by molar-refractivity contribution is -0.135. The van der Waals surface area contributed by atoms with Crippen LogP contribution in [0.3, 0.4) is 0 Å². The second kappa shape index (κ2) is 20.0. The van der Waals surface area contributed by atoms with E-state index in [1.807, 2.05) is 41.5 Å². The Bertz CT molecular complexity index is 795. The summed E-state index contributed by atoms with van der Waals surface area (Å²) in [6, 6.07) is 5.09. The second-order valence-electron chi connectivity index (χ2n) is 9.59. The van der Waals surface area contributed by atoms with Crippen molar-refractivity contribution in [3.63, 3.8) is 0 Å². The van der Waals surface area contributed by atoms with Gasteiger partial charge in [0.1, 0.15) is 0 Å². The summed E-state index contributed by atoms with van der Waals surface area (Å²) in [5.74, 6) is 0.439. The van der Waals surface area contributed by atoms with Crippen LogP contribution in [-0.2, 0) is 14.4 Å². The highest BCUT2D eigenvalue weighted by Gasteiger charge is 2.21. The van der Waals surface area contributed by atoms with Gasteiger partial charge < -0.3 is 28.9 Å². The van der Waals surface area contributed by atoms with Crippen LogP contribution in [0.2, 0.25) is 0 Å². The third-order valence-corrected chi connectivity index (χ3v) is 6.00. The minimum absolute atomic E-state index is 0.117. The fraction of sp³-hybridized carbons (Fsp3) is 0.700. The van der Waals surface area contributed by atoms with Gasteiger partial charge in [0.05, 0.1) is 0 Å². The highest BCUT2D eigenvalue weighted by molar-refractivity contribution is 5.79. The Hall–Kier alpha value is -2.97. The molecule has 0 saturated heterocycles. The molecule has 9 heteroatoms. The fourth-order valence-corrected chi connectivity index (χ4v) is 4.26. The zero-order valence-electron chi connectivity index (χ0n) is 25.1. The molecule has 1 aromatic rings. The minimum Gasteiger partial charge on any atom is -0.480 e. The van der Waals surface area contributed by atoms with Crippen molar-refractivity contribution in [3.05, 3.63) is 18.2 Å². The Kier molecular flexibility index (Phi) is 17.5. The summed E-state index contributed by atoms with van der Waals surface area (Å²) in [6.07, 6.45) is 5.14. The molecule has 0 N–H and O–H groups in total. The van der Waals surface area contributed by atoms with Crippen molar-refractivity contribution in [1.82, 2.24) is 14.7 Å². The standard InChI is InChI=1S/C30H51N3O6/c1-7-16-31(17-8-2)27(34)22-37-25-14-13-15-26(38-23-28(35)32(18-9-3)19-10-4)30(25)39-24-29(36)33(20-11-5)21-12-6/h13-15H,7-12,16-24H2,1-6H3. The number of nitrogens with zero attached hydrogens (tertiary/aromatic N) is 3. The van der Waals surface area contributed by atoms with Crippen LogP contribution in [0.4, 0.5) is 0 Å². The Morgan fingerprint density at radius 3 is 1.08 bits per heavy atom. The lowest BCUT2D eigenvalue weighted by Gasteiger charge is -2.24. The average Bonchev–Trinajstić information content (AvgIpc) is 2.93. The van der Waals surface area contributed by atoms with E-state index < -0.39 is 0 Å². The van der Waals surface area contributed by atoms with Gasteiger partial charge in [0, 0.05) is 39.3 Å². The van der Waals surface area contributed by atoms with Crippen LogP contribution >= 0.6 is 0 Å². The van der Waals surface area contributed by atoms with E-state index in [1.165, 1.54) is 0 Å². The first-order chi connectivity index (χ1) is 18.9. The van der Waals surface area contributed by atoms with E-state index in [0.717, 1.165) is 38.5 Å². The van der Waals surface area contributed by atoms with Crippen LogP contribution < -0.4 is 14.2 Å². The van der Waals surface area contributed by atoms with Crippen molar-refractivity contribution in [1.29, 1.82) is 0 Å². The van der Waals surface area contributed by atoms with Gasteiger partial charge in [0.15, 0.2) is 31.3 Å². The maximum absolute atomic E-state index is 12.9. The van der Waals surface area contributed by atoms with Gasteiger partial charge in [-0.3, -0.25) is 14.4 Å². The average molecular weight is 550 g/mol. The number of carbonyl (C=O) groups excluding carboxylic acids is 3. The molecule has 0 aromatic heterocycles. The van der Waals surface area contributed by atoms with Gasteiger partial charge in [-0.25, -0.2) is 0 Å². The van der Waals surface area contributed by atoms with Gasteiger partial charge in [-0.15, -0.1) is 0 Å². The molecule has 0 fully saturated rings. The molecule has 0 spiro atoms. The molecule has 0 aliphatic carbocycles. The predicted octanol–water partition coefficient (Wildman–Crippen LogP) is 4.77. The lowest BCUT2D eigenvalue weighted by Crippen LogP contribution is -2.37. The third kappa shape index (κ3) is 12.2. The van der Waals surface area contributed by atoms with E-state index in [2.05, 4.69) is 0 Å². The van der Waals surface area contributed by atoms with E-state index in [1.54, 1.807) is 32.9 Å². The van der Waals surface area contributed by atoms with Gasteiger partial charge in [0.25, 0.3) is 17.7 Å². The predicted molar refractivity (Wildman–Crippen MR) is 154 cm³/mol. The van der Waals surface area contributed by atoms with Gasteiger partial charge in [0.2, 0.25) is 5.75 Å². The molecule has 3 amide bonds. The van der Waals surface area contributed by atoms with E-state index >= 15 is 0 Å². The summed E-state index contributed by atoms with van der Waals surface area (Å²) >= 11 is 0. The first-order valence-electron chi connectivity index (χ1n) is 14.7. The molecule has 222 valence electrons. The van der Waals surface area contributed by atoms with Crippen molar-refractivity contribution in [2.24, 2.45) is 0 Å². The molecule has 0 aliphatic heterocycles. The van der Waals surface area contributed by atoms with E-state index in [-0.39, 0.29) is 43.3 Å². The molecular formula is C30H51N3O6. The zero-order valence-corrected chi connectivity index (χ0v) is 25.1. The number of hydrogen-bond donors (Lipinski definition) is 0. The Labute approximate surface area is 235 Å². The van der Waals surface area contributed by atoms with E-state index in [9.17, 15) is 14.4 Å². The Balaban J connectivity index is 3.14. The number of para-hydroxylation sites is 1. The number of hydrogen-bond acceptors (Lipinski definition) is 6. The third-order valence-electron chi connectivity index (χ3n) is 6.00. The molecular weight excluding hydrogens is 498 g/mol.